The highest BCUT2D eigenvalue weighted by Crippen LogP contribution is 2.13. The molecule has 1 amide bonds. The second-order valence-electron chi connectivity index (χ2n) is 4.96. The number of hydrogen-bond donors (Lipinski definition) is 1. The third-order valence-corrected chi connectivity index (χ3v) is 3.21. The Kier molecular flexibility index (Phi) is 4.63. The fourth-order valence-corrected chi connectivity index (χ4v) is 2.04. The van der Waals surface area contributed by atoms with Gasteiger partial charge in [-0.3, -0.25) is 10.3 Å². The lowest BCUT2D eigenvalue weighted by Gasteiger charge is -2.07. The minimum atomic E-state index is -0.520. The molecule has 1 aromatic carbocycles. The lowest BCUT2D eigenvalue weighted by atomic mass is 10.1. The van der Waals surface area contributed by atoms with E-state index in [1.54, 1.807) is 12.4 Å². The van der Waals surface area contributed by atoms with E-state index in [9.17, 15) is 4.79 Å². The molecule has 23 heavy (non-hydrogen) atoms. The monoisotopic (exact) mass is 309 g/mol. The molecule has 116 valence electrons. The lowest BCUT2D eigenvalue weighted by molar-refractivity contribution is 0.155. The quantitative estimate of drug-likeness (QED) is 0.781. The molecular formula is C17H15N3O3. The van der Waals surface area contributed by atoms with Gasteiger partial charge >= 0.3 is 6.09 Å². The van der Waals surface area contributed by atoms with Gasteiger partial charge in [-0.2, -0.15) is 0 Å². The average molecular weight is 309 g/mol. The zero-order chi connectivity index (χ0) is 15.9. The molecule has 2 heterocycles. The molecule has 0 saturated carbocycles. The first-order valence-electron chi connectivity index (χ1n) is 7.09. The third-order valence-electron chi connectivity index (χ3n) is 3.21. The summed E-state index contributed by atoms with van der Waals surface area (Å²) in [6, 6.07) is 11.6. The van der Waals surface area contributed by atoms with Crippen molar-refractivity contribution in [1.82, 2.24) is 10.1 Å². The molecule has 1 N–H and O–H groups in total. The average Bonchev–Trinajstić information content (AvgIpc) is 3.09. The highest BCUT2D eigenvalue weighted by Gasteiger charge is 2.05. The van der Waals surface area contributed by atoms with E-state index in [0.29, 0.717) is 11.3 Å². The number of amides is 1. The molecule has 6 heteroatoms. The van der Waals surface area contributed by atoms with Crippen molar-refractivity contribution in [2.24, 2.45) is 0 Å². The van der Waals surface area contributed by atoms with Crippen LogP contribution in [0.15, 0.2) is 65.8 Å². The van der Waals surface area contributed by atoms with Gasteiger partial charge < -0.3 is 9.26 Å². The van der Waals surface area contributed by atoms with Crippen molar-refractivity contribution in [2.75, 3.05) is 5.32 Å². The molecule has 0 spiro atoms. The summed E-state index contributed by atoms with van der Waals surface area (Å²) in [6.45, 7) is 0.120. The zero-order valence-electron chi connectivity index (χ0n) is 12.3. The Morgan fingerprint density at radius 1 is 1.04 bits per heavy atom. The van der Waals surface area contributed by atoms with Gasteiger partial charge in [0.25, 0.3) is 0 Å². The molecule has 0 aliphatic heterocycles. The lowest BCUT2D eigenvalue weighted by Crippen LogP contribution is -2.13. The largest absolute Gasteiger partial charge is 0.444 e. The minimum Gasteiger partial charge on any atom is -0.444 e. The van der Waals surface area contributed by atoms with Crippen LogP contribution in [0.25, 0.3) is 0 Å². The molecule has 3 aromatic rings. The van der Waals surface area contributed by atoms with E-state index < -0.39 is 6.09 Å². The first-order chi connectivity index (χ1) is 11.3. The van der Waals surface area contributed by atoms with Crippen LogP contribution in [0.1, 0.15) is 16.7 Å². The highest BCUT2D eigenvalue weighted by atomic mass is 16.5. The summed E-state index contributed by atoms with van der Waals surface area (Å²) in [5.41, 5.74) is 3.72. The molecule has 0 unspecified atom stereocenters. The van der Waals surface area contributed by atoms with Gasteiger partial charge in [-0.1, -0.05) is 17.3 Å². The van der Waals surface area contributed by atoms with Gasteiger partial charge in [0.05, 0.1) is 6.20 Å². The van der Waals surface area contributed by atoms with Crippen LogP contribution < -0.4 is 5.32 Å². The first-order valence-corrected chi connectivity index (χ1v) is 7.09. The van der Waals surface area contributed by atoms with E-state index >= 15 is 0 Å². The van der Waals surface area contributed by atoms with Crippen molar-refractivity contribution in [3.05, 3.63) is 77.9 Å². The minimum absolute atomic E-state index is 0.120. The van der Waals surface area contributed by atoms with Gasteiger partial charge in [0, 0.05) is 23.6 Å². The topological polar surface area (TPSA) is 77.2 Å². The number of nitrogens with one attached hydrogen (secondary N) is 1. The molecule has 2 aromatic heterocycles. The van der Waals surface area contributed by atoms with E-state index in [-0.39, 0.29) is 6.61 Å². The Morgan fingerprint density at radius 3 is 2.48 bits per heavy atom. The number of anilines is 1. The number of benzene rings is 1. The predicted octanol–water partition coefficient (Wildman–Crippen LogP) is 3.41. The van der Waals surface area contributed by atoms with E-state index in [0.717, 1.165) is 12.0 Å². The summed E-state index contributed by atoms with van der Waals surface area (Å²) in [6.07, 6.45) is 6.78. The van der Waals surface area contributed by atoms with Gasteiger partial charge in [0.15, 0.2) is 0 Å². The van der Waals surface area contributed by atoms with E-state index in [2.05, 4.69) is 20.0 Å². The zero-order valence-corrected chi connectivity index (χ0v) is 12.3. The number of pyridine rings is 1. The Labute approximate surface area is 133 Å². The van der Waals surface area contributed by atoms with E-state index in [1.807, 2.05) is 36.4 Å². The molecule has 6 nitrogen and oxygen atoms in total. The second kappa shape index (κ2) is 7.22. The number of aromatic nitrogens is 2. The summed E-state index contributed by atoms with van der Waals surface area (Å²) in [5.74, 6) is 0. The van der Waals surface area contributed by atoms with Gasteiger partial charge in [0.2, 0.25) is 0 Å². The Bertz CT molecular complexity index is 741. The SMILES string of the molecule is O=C(Nc1ccc(Cc2ccncc2)cc1)OCc1cnoc1. The predicted molar refractivity (Wildman–Crippen MR) is 83.8 cm³/mol. The maximum atomic E-state index is 11.7. The molecule has 0 aliphatic rings. The molecular weight excluding hydrogens is 294 g/mol. The standard InChI is InChI=1S/C17H15N3O3/c21-17(22-11-15-10-19-23-12-15)20-16-3-1-13(2-4-16)9-14-5-7-18-8-6-14/h1-8,10,12H,9,11H2,(H,20,21). The number of carbonyl (C=O) groups excluding carboxylic acids is 1. The molecule has 0 atom stereocenters. The summed E-state index contributed by atoms with van der Waals surface area (Å²) in [7, 11) is 0. The van der Waals surface area contributed by atoms with Crippen molar-refractivity contribution in [3.8, 4) is 0 Å². The third kappa shape index (κ3) is 4.41. The van der Waals surface area contributed by atoms with Crippen LogP contribution in [-0.2, 0) is 17.8 Å². The molecule has 0 saturated heterocycles. The number of carbonyl (C=O) groups is 1. The summed E-state index contributed by atoms with van der Waals surface area (Å²) >= 11 is 0. The highest BCUT2D eigenvalue weighted by molar-refractivity contribution is 5.84. The molecule has 0 fully saturated rings. The van der Waals surface area contributed by atoms with Crippen molar-refractivity contribution >= 4 is 11.8 Å². The number of hydrogen-bond acceptors (Lipinski definition) is 5. The maximum absolute atomic E-state index is 11.7. The molecule has 0 aliphatic carbocycles. The van der Waals surface area contributed by atoms with Crippen LogP contribution in [0.4, 0.5) is 10.5 Å². The molecule has 0 radical (unpaired) electrons. The van der Waals surface area contributed by atoms with Crippen LogP contribution in [0.3, 0.4) is 0 Å². The molecule has 0 bridgehead atoms. The number of rotatable bonds is 5. The van der Waals surface area contributed by atoms with Crippen molar-refractivity contribution in [3.63, 3.8) is 0 Å². The van der Waals surface area contributed by atoms with Gasteiger partial charge in [-0.25, -0.2) is 4.79 Å². The van der Waals surface area contributed by atoms with Crippen molar-refractivity contribution in [1.29, 1.82) is 0 Å². The van der Waals surface area contributed by atoms with Crippen LogP contribution >= 0.6 is 0 Å². The number of ether oxygens (including phenoxy) is 1. The maximum Gasteiger partial charge on any atom is 0.411 e. The van der Waals surface area contributed by atoms with Gasteiger partial charge in [0.1, 0.15) is 12.9 Å². The van der Waals surface area contributed by atoms with Crippen molar-refractivity contribution < 1.29 is 14.1 Å². The molecule has 3 rings (SSSR count). The normalized spacial score (nSPS) is 10.3. The van der Waals surface area contributed by atoms with Crippen molar-refractivity contribution in [2.45, 2.75) is 13.0 Å². The Morgan fingerprint density at radius 2 is 1.78 bits per heavy atom. The van der Waals surface area contributed by atoms with Crippen LogP contribution in [0.2, 0.25) is 0 Å². The van der Waals surface area contributed by atoms with E-state index in [1.165, 1.54) is 18.0 Å². The summed E-state index contributed by atoms with van der Waals surface area (Å²) in [5, 5.41) is 6.21. The number of nitrogens with zero attached hydrogens (tertiary/aromatic N) is 2. The van der Waals surface area contributed by atoms with Gasteiger partial charge in [-0.05, 0) is 41.8 Å². The smallest absolute Gasteiger partial charge is 0.411 e. The van der Waals surface area contributed by atoms with Crippen LogP contribution in [0.5, 0.6) is 0 Å². The summed E-state index contributed by atoms with van der Waals surface area (Å²) in [4.78, 5) is 15.7. The van der Waals surface area contributed by atoms with Gasteiger partial charge in [-0.15, -0.1) is 0 Å². The first kappa shape index (κ1) is 14.8. The fraction of sp³-hybridized carbons (Fsp3) is 0.118. The Hall–Kier alpha value is -3.15. The van der Waals surface area contributed by atoms with Crippen LogP contribution in [0, 0.1) is 0 Å². The second-order valence-corrected chi connectivity index (χ2v) is 4.96. The Balaban J connectivity index is 1.51. The fourth-order valence-electron chi connectivity index (χ4n) is 2.04. The van der Waals surface area contributed by atoms with Crippen LogP contribution in [-0.4, -0.2) is 16.2 Å². The summed E-state index contributed by atoms with van der Waals surface area (Å²) < 4.78 is 9.72. The van der Waals surface area contributed by atoms with E-state index in [4.69, 9.17) is 4.74 Å².